The maximum absolute atomic E-state index is 13.1. The topological polar surface area (TPSA) is 73.5 Å². The number of nitrogens with one attached hydrogen (secondary N) is 3. The SMILES string of the molecule is O=C(Nc1ccc(F)cc1)Nc1cc(NC(=O)c2ccccc2)ccc1N1CCCC1. The van der Waals surface area contributed by atoms with Gasteiger partial charge in [-0.2, -0.15) is 0 Å². The highest BCUT2D eigenvalue weighted by molar-refractivity contribution is 6.06. The molecule has 31 heavy (non-hydrogen) atoms. The number of carbonyl (C=O) groups excluding carboxylic acids is 2. The normalized spacial score (nSPS) is 13.0. The zero-order valence-corrected chi connectivity index (χ0v) is 16.9. The van der Waals surface area contributed by atoms with E-state index < -0.39 is 6.03 Å². The summed E-state index contributed by atoms with van der Waals surface area (Å²) in [6.07, 6.45) is 2.18. The van der Waals surface area contributed by atoms with Crippen LogP contribution in [0, 0.1) is 5.82 Å². The number of halogens is 1. The average molecular weight is 418 g/mol. The van der Waals surface area contributed by atoms with Crippen molar-refractivity contribution in [2.24, 2.45) is 0 Å². The fourth-order valence-electron chi connectivity index (χ4n) is 3.56. The van der Waals surface area contributed by atoms with Crippen molar-refractivity contribution in [2.75, 3.05) is 33.9 Å². The molecule has 0 radical (unpaired) electrons. The minimum absolute atomic E-state index is 0.226. The number of amides is 3. The standard InChI is InChI=1S/C24H23FN4O2/c25-18-8-10-19(11-9-18)27-24(31)28-21-16-20(12-13-22(21)29-14-4-5-15-29)26-23(30)17-6-2-1-3-7-17/h1-3,6-13,16H,4-5,14-15H2,(H,26,30)(H2,27,28,31). The summed E-state index contributed by atoms with van der Waals surface area (Å²) in [6.45, 7) is 1.81. The monoisotopic (exact) mass is 418 g/mol. The van der Waals surface area contributed by atoms with Crippen LogP contribution in [0.4, 0.5) is 31.9 Å². The molecule has 1 fully saturated rings. The van der Waals surface area contributed by atoms with Crippen molar-refractivity contribution in [2.45, 2.75) is 12.8 Å². The molecule has 0 aliphatic carbocycles. The Hall–Kier alpha value is -3.87. The van der Waals surface area contributed by atoms with Crippen LogP contribution in [0.1, 0.15) is 23.2 Å². The van der Waals surface area contributed by atoms with E-state index in [1.165, 1.54) is 24.3 Å². The smallest absolute Gasteiger partial charge is 0.323 e. The molecule has 0 unspecified atom stereocenters. The second-order valence-electron chi connectivity index (χ2n) is 7.33. The predicted molar refractivity (Wildman–Crippen MR) is 121 cm³/mol. The van der Waals surface area contributed by atoms with Crippen molar-refractivity contribution >= 4 is 34.7 Å². The molecule has 0 saturated carbocycles. The Balaban J connectivity index is 1.54. The molecule has 1 heterocycles. The van der Waals surface area contributed by atoms with Crippen molar-refractivity contribution in [1.82, 2.24) is 0 Å². The van der Waals surface area contributed by atoms with E-state index in [9.17, 15) is 14.0 Å². The van der Waals surface area contributed by atoms with Crippen molar-refractivity contribution in [3.8, 4) is 0 Å². The lowest BCUT2D eigenvalue weighted by molar-refractivity contribution is 0.102. The summed E-state index contributed by atoms with van der Waals surface area (Å²) in [5, 5.41) is 8.44. The lowest BCUT2D eigenvalue weighted by Gasteiger charge is -2.22. The Kier molecular flexibility index (Phi) is 6.12. The van der Waals surface area contributed by atoms with Gasteiger partial charge in [0.2, 0.25) is 0 Å². The minimum atomic E-state index is -0.446. The molecule has 3 aromatic carbocycles. The highest BCUT2D eigenvalue weighted by atomic mass is 19.1. The van der Waals surface area contributed by atoms with Crippen molar-refractivity contribution < 1.29 is 14.0 Å². The summed E-state index contributed by atoms with van der Waals surface area (Å²) in [7, 11) is 0. The molecule has 0 spiro atoms. The summed E-state index contributed by atoms with van der Waals surface area (Å²) in [6, 6.07) is 19.5. The Labute approximate surface area is 180 Å². The molecule has 0 bridgehead atoms. The third kappa shape index (κ3) is 5.19. The zero-order chi connectivity index (χ0) is 21.6. The molecule has 4 rings (SSSR count). The number of nitrogens with zero attached hydrogens (tertiary/aromatic N) is 1. The lowest BCUT2D eigenvalue weighted by atomic mass is 10.2. The second kappa shape index (κ2) is 9.30. The number of urea groups is 1. The zero-order valence-electron chi connectivity index (χ0n) is 16.9. The van der Waals surface area contributed by atoms with Gasteiger partial charge in [0.15, 0.2) is 0 Å². The lowest BCUT2D eigenvalue weighted by Crippen LogP contribution is -2.24. The molecule has 3 amide bonds. The van der Waals surface area contributed by atoms with Crippen LogP contribution < -0.4 is 20.9 Å². The van der Waals surface area contributed by atoms with E-state index in [0.29, 0.717) is 22.6 Å². The van der Waals surface area contributed by atoms with Crippen LogP contribution in [-0.4, -0.2) is 25.0 Å². The maximum atomic E-state index is 13.1. The van der Waals surface area contributed by atoms with Gasteiger partial charge in [0, 0.05) is 30.0 Å². The van der Waals surface area contributed by atoms with Crippen LogP contribution >= 0.6 is 0 Å². The van der Waals surface area contributed by atoms with Gasteiger partial charge in [-0.05, 0) is 67.4 Å². The van der Waals surface area contributed by atoms with E-state index in [2.05, 4.69) is 20.9 Å². The van der Waals surface area contributed by atoms with Gasteiger partial charge in [-0.3, -0.25) is 4.79 Å². The van der Waals surface area contributed by atoms with Gasteiger partial charge in [0.05, 0.1) is 11.4 Å². The molecule has 1 aliphatic rings. The minimum Gasteiger partial charge on any atom is -0.370 e. The number of benzene rings is 3. The highest BCUT2D eigenvalue weighted by Crippen LogP contribution is 2.32. The van der Waals surface area contributed by atoms with Crippen LogP contribution in [0.25, 0.3) is 0 Å². The Bertz CT molecular complexity index is 1060. The molecule has 158 valence electrons. The number of carbonyl (C=O) groups is 2. The molecular weight excluding hydrogens is 395 g/mol. The van der Waals surface area contributed by atoms with Gasteiger partial charge in [0.1, 0.15) is 5.82 Å². The second-order valence-corrected chi connectivity index (χ2v) is 7.33. The molecule has 3 N–H and O–H groups in total. The largest absolute Gasteiger partial charge is 0.370 e. The van der Waals surface area contributed by atoms with Crippen molar-refractivity contribution in [3.63, 3.8) is 0 Å². The van der Waals surface area contributed by atoms with Gasteiger partial charge in [-0.25, -0.2) is 9.18 Å². The molecule has 0 atom stereocenters. The first-order valence-corrected chi connectivity index (χ1v) is 10.2. The Morgan fingerprint density at radius 2 is 1.45 bits per heavy atom. The number of anilines is 4. The van der Waals surface area contributed by atoms with E-state index in [4.69, 9.17) is 0 Å². The summed E-state index contributed by atoms with van der Waals surface area (Å²) in [4.78, 5) is 27.3. The fraction of sp³-hybridized carbons (Fsp3) is 0.167. The van der Waals surface area contributed by atoms with Gasteiger partial charge in [-0.1, -0.05) is 18.2 Å². The van der Waals surface area contributed by atoms with Crippen molar-refractivity contribution in [3.05, 3.63) is 84.2 Å². The van der Waals surface area contributed by atoms with Crippen LogP contribution in [-0.2, 0) is 0 Å². The van der Waals surface area contributed by atoms with Crippen molar-refractivity contribution in [1.29, 1.82) is 0 Å². The van der Waals surface area contributed by atoms with Gasteiger partial charge in [0.25, 0.3) is 5.91 Å². The Morgan fingerprint density at radius 1 is 0.774 bits per heavy atom. The average Bonchev–Trinajstić information content (AvgIpc) is 3.31. The van der Waals surface area contributed by atoms with Gasteiger partial charge < -0.3 is 20.9 Å². The van der Waals surface area contributed by atoms with Gasteiger partial charge in [-0.15, -0.1) is 0 Å². The van der Waals surface area contributed by atoms with E-state index in [1.54, 1.807) is 30.3 Å². The molecule has 0 aromatic heterocycles. The molecular formula is C24H23FN4O2. The molecule has 6 nitrogen and oxygen atoms in total. The fourth-order valence-corrected chi connectivity index (χ4v) is 3.56. The van der Waals surface area contributed by atoms with Crippen LogP contribution in [0.15, 0.2) is 72.8 Å². The van der Waals surface area contributed by atoms with Crippen LogP contribution in [0.5, 0.6) is 0 Å². The Morgan fingerprint density at radius 3 is 2.16 bits per heavy atom. The summed E-state index contributed by atoms with van der Waals surface area (Å²) in [5.74, 6) is -0.597. The van der Waals surface area contributed by atoms with E-state index in [0.717, 1.165) is 31.6 Å². The maximum Gasteiger partial charge on any atom is 0.323 e. The summed E-state index contributed by atoms with van der Waals surface area (Å²) < 4.78 is 13.1. The number of hydrogen-bond donors (Lipinski definition) is 3. The first kappa shape index (κ1) is 20.4. The summed E-state index contributed by atoms with van der Waals surface area (Å²) >= 11 is 0. The number of rotatable bonds is 5. The molecule has 1 aliphatic heterocycles. The highest BCUT2D eigenvalue weighted by Gasteiger charge is 2.18. The first-order chi connectivity index (χ1) is 15.1. The molecule has 7 heteroatoms. The third-order valence-electron chi connectivity index (χ3n) is 5.09. The quantitative estimate of drug-likeness (QED) is 0.525. The third-order valence-corrected chi connectivity index (χ3v) is 5.09. The van der Waals surface area contributed by atoms with E-state index in [1.807, 2.05) is 18.2 Å². The molecule has 3 aromatic rings. The van der Waals surface area contributed by atoms with Gasteiger partial charge >= 0.3 is 6.03 Å². The van der Waals surface area contributed by atoms with Crippen LogP contribution in [0.2, 0.25) is 0 Å². The first-order valence-electron chi connectivity index (χ1n) is 10.2. The predicted octanol–water partition coefficient (Wildman–Crippen LogP) is 5.32. The molecule has 1 saturated heterocycles. The van der Waals surface area contributed by atoms with Crippen LogP contribution in [0.3, 0.4) is 0 Å². The number of hydrogen-bond acceptors (Lipinski definition) is 3. The summed E-state index contributed by atoms with van der Waals surface area (Å²) in [5.41, 5.74) is 3.09. The van der Waals surface area contributed by atoms with E-state index in [-0.39, 0.29) is 11.7 Å². The van der Waals surface area contributed by atoms with E-state index >= 15 is 0 Å².